The molecule has 1 aromatic rings. The van der Waals surface area contributed by atoms with Crippen molar-refractivity contribution in [3.05, 3.63) is 28.8 Å². The van der Waals surface area contributed by atoms with Crippen molar-refractivity contribution in [1.29, 1.82) is 0 Å². The minimum absolute atomic E-state index is 0.723. The minimum atomic E-state index is 0.723. The van der Waals surface area contributed by atoms with Crippen LogP contribution in [0.3, 0.4) is 0 Å². The van der Waals surface area contributed by atoms with Crippen molar-refractivity contribution in [3.8, 4) is 0 Å². The second-order valence-corrected chi connectivity index (χ2v) is 5.65. The molecular formula is C15H23ClN2O. The number of ether oxygens (including phenoxy) is 1. The van der Waals surface area contributed by atoms with E-state index in [4.69, 9.17) is 16.3 Å². The zero-order valence-electron chi connectivity index (χ0n) is 11.8. The predicted octanol–water partition coefficient (Wildman–Crippen LogP) is 2.92. The third-order valence-corrected chi connectivity index (χ3v) is 4.00. The second kappa shape index (κ2) is 7.13. The lowest BCUT2D eigenvalue weighted by Gasteiger charge is -2.23. The summed E-state index contributed by atoms with van der Waals surface area (Å²) in [7, 11) is 1.72. The Labute approximate surface area is 120 Å². The van der Waals surface area contributed by atoms with Gasteiger partial charge < -0.3 is 15.0 Å². The van der Waals surface area contributed by atoms with Crippen molar-refractivity contribution < 1.29 is 4.74 Å². The zero-order chi connectivity index (χ0) is 13.7. The summed E-state index contributed by atoms with van der Waals surface area (Å²) in [5.41, 5.74) is 2.48. The fraction of sp³-hybridized carbons (Fsp3) is 0.600. The molecule has 1 aliphatic rings. The molecule has 1 saturated heterocycles. The Kier molecular flexibility index (Phi) is 5.49. The van der Waals surface area contributed by atoms with Crippen LogP contribution in [0.4, 0.5) is 5.69 Å². The van der Waals surface area contributed by atoms with Gasteiger partial charge in [-0.05, 0) is 24.5 Å². The molecule has 19 heavy (non-hydrogen) atoms. The van der Waals surface area contributed by atoms with Crippen molar-refractivity contribution in [2.24, 2.45) is 5.92 Å². The Morgan fingerprint density at radius 1 is 1.47 bits per heavy atom. The number of nitrogens with zero attached hydrogens (tertiary/aromatic N) is 1. The van der Waals surface area contributed by atoms with E-state index in [2.05, 4.69) is 23.2 Å². The van der Waals surface area contributed by atoms with E-state index in [0.29, 0.717) is 0 Å². The Morgan fingerprint density at radius 2 is 2.32 bits per heavy atom. The summed E-state index contributed by atoms with van der Waals surface area (Å²) < 4.78 is 5.05. The molecule has 0 radical (unpaired) electrons. The van der Waals surface area contributed by atoms with Crippen LogP contribution in [0.1, 0.15) is 18.9 Å². The molecule has 0 amide bonds. The number of halogens is 1. The molecule has 2 rings (SSSR count). The normalized spacial score (nSPS) is 19.1. The fourth-order valence-electron chi connectivity index (χ4n) is 2.56. The molecule has 0 aromatic heterocycles. The van der Waals surface area contributed by atoms with E-state index in [9.17, 15) is 0 Å². The molecule has 4 heteroatoms. The van der Waals surface area contributed by atoms with Gasteiger partial charge in [0.15, 0.2) is 0 Å². The molecular weight excluding hydrogens is 260 g/mol. The van der Waals surface area contributed by atoms with Crippen molar-refractivity contribution in [2.45, 2.75) is 19.9 Å². The van der Waals surface area contributed by atoms with Crippen molar-refractivity contribution in [1.82, 2.24) is 5.32 Å². The molecule has 1 fully saturated rings. The van der Waals surface area contributed by atoms with Crippen LogP contribution in [-0.4, -0.2) is 33.4 Å². The molecule has 106 valence electrons. The molecule has 1 aliphatic heterocycles. The molecule has 0 bridgehead atoms. The van der Waals surface area contributed by atoms with Gasteiger partial charge in [0.05, 0.1) is 6.61 Å². The summed E-state index contributed by atoms with van der Waals surface area (Å²) in [6.45, 7) is 6.93. The summed E-state index contributed by atoms with van der Waals surface area (Å²) in [6, 6.07) is 6.19. The lowest BCUT2D eigenvalue weighted by atomic mass is 10.1. The van der Waals surface area contributed by atoms with Gasteiger partial charge in [-0.25, -0.2) is 0 Å². The number of hydrogen-bond acceptors (Lipinski definition) is 3. The Bertz CT molecular complexity index is 411. The quantitative estimate of drug-likeness (QED) is 0.812. The highest BCUT2D eigenvalue weighted by molar-refractivity contribution is 6.31. The van der Waals surface area contributed by atoms with E-state index >= 15 is 0 Å². The predicted molar refractivity (Wildman–Crippen MR) is 81.0 cm³/mol. The molecule has 1 heterocycles. The number of methoxy groups -OCH3 is 1. The zero-order valence-corrected chi connectivity index (χ0v) is 12.5. The minimum Gasteiger partial charge on any atom is -0.383 e. The number of rotatable bonds is 6. The third kappa shape index (κ3) is 3.85. The lowest BCUT2D eigenvalue weighted by molar-refractivity contribution is 0.199. The van der Waals surface area contributed by atoms with E-state index in [0.717, 1.165) is 43.7 Å². The van der Waals surface area contributed by atoms with Crippen LogP contribution in [0.15, 0.2) is 18.2 Å². The molecule has 0 saturated carbocycles. The average molecular weight is 283 g/mol. The van der Waals surface area contributed by atoms with Crippen molar-refractivity contribution in [3.63, 3.8) is 0 Å². The maximum atomic E-state index is 6.36. The first-order valence-corrected chi connectivity index (χ1v) is 7.32. The van der Waals surface area contributed by atoms with Gasteiger partial charge in [0.2, 0.25) is 0 Å². The van der Waals surface area contributed by atoms with Gasteiger partial charge in [0, 0.05) is 49.6 Å². The summed E-state index contributed by atoms with van der Waals surface area (Å²) in [5.74, 6) is 0.772. The van der Waals surface area contributed by atoms with Gasteiger partial charge in [-0.2, -0.15) is 0 Å². The Hall–Kier alpha value is -0.770. The number of nitrogens with one attached hydrogen (secondary N) is 1. The van der Waals surface area contributed by atoms with Gasteiger partial charge in [-0.15, -0.1) is 0 Å². The first-order valence-electron chi connectivity index (χ1n) is 6.94. The monoisotopic (exact) mass is 282 g/mol. The highest BCUT2D eigenvalue weighted by Crippen LogP contribution is 2.31. The van der Waals surface area contributed by atoms with Crippen molar-refractivity contribution >= 4 is 17.3 Å². The fourth-order valence-corrected chi connectivity index (χ4v) is 2.80. The summed E-state index contributed by atoms with van der Waals surface area (Å²) >= 11 is 6.36. The standard InChI is InChI=1S/C15H23ClN2O/c1-12-6-8-18(11-12)15-5-3-4-14(16)13(15)10-17-7-9-19-2/h3-5,12,17H,6-11H2,1-2H3. The van der Waals surface area contributed by atoms with Gasteiger partial charge in [-0.1, -0.05) is 24.6 Å². The highest BCUT2D eigenvalue weighted by atomic mass is 35.5. The third-order valence-electron chi connectivity index (χ3n) is 3.64. The van der Waals surface area contributed by atoms with Crippen LogP contribution >= 0.6 is 11.6 Å². The van der Waals surface area contributed by atoms with E-state index in [-0.39, 0.29) is 0 Å². The van der Waals surface area contributed by atoms with Gasteiger partial charge in [0.25, 0.3) is 0 Å². The summed E-state index contributed by atoms with van der Waals surface area (Å²) in [6.07, 6.45) is 1.27. The van der Waals surface area contributed by atoms with Gasteiger partial charge in [-0.3, -0.25) is 0 Å². The number of benzene rings is 1. The molecule has 1 aromatic carbocycles. The maximum absolute atomic E-state index is 6.36. The molecule has 0 aliphatic carbocycles. The second-order valence-electron chi connectivity index (χ2n) is 5.25. The molecule has 1 unspecified atom stereocenters. The first kappa shape index (κ1) is 14.6. The SMILES string of the molecule is COCCNCc1c(Cl)cccc1N1CCC(C)C1. The largest absolute Gasteiger partial charge is 0.383 e. The van der Waals surface area contributed by atoms with Crippen LogP contribution < -0.4 is 10.2 Å². The van der Waals surface area contributed by atoms with Crippen LogP contribution in [0.5, 0.6) is 0 Å². The van der Waals surface area contributed by atoms with E-state index in [1.807, 2.05) is 12.1 Å². The molecule has 1 N–H and O–H groups in total. The molecule has 3 nitrogen and oxygen atoms in total. The van der Waals surface area contributed by atoms with Crippen LogP contribution in [0.2, 0.25) is 5.02 Å². The van der Waals surface area contributed by atoms with Crippen molar-refractivity contribution in [2.75, 3.05) is 38.3 Å². The van der Waals surface area contributed by atoms with E-state index in [1.165, 1.54) is 17.7 Å². The average Bonchev–Trinajstić information content (AvgIpc) is 2.82. The van der Waals surface area contributed by atoms with E-state index < -0.39 is 0 Å². The van der Waals surface area contributed by atoms with Gasteiger partial charge in [0.1, 0.15) is 0 Å². The van der Waals surface area contributed by atoms with E-state index in [1.54, 1.807) is 7.11 Å². The number of hydrogen-bond donors (Lipinski definition) is 1. The first-order chi connectivity index (χ1) is 9.22. The smallest absolute Gasteiger partial charge is 0.0587 e. The molecule has 0 spiro atoms. The molecule has 1 atom stereocenters. The topological polar surface area (TPSA) is 24.5 Å². The summed E-state index contributed by atoms with van der Waals surface area (Å²) in [4.78, 5) is 2.45. The Morgan fingerprint density at radius 3 is 3.00 bits per heavy atom. The Balaban J connectivity index is 2.07. The van der Waals surface area contributed by atoms with Crippen LogP contribution in [0, 0.1) is 5.92 Å². The van der Waals surface area contributed by atoms with Crippen LogP contribution in [-0.2, 0) is 11.3 Å². The maximum Gasteiger partial charge on any atom is 0.0587 e. The summed E-state index contributed by atoms with van der Waals surface area (Å²) in [5, 5.41) is 4.23. The highest BCUT2D eigenvalue weighted by Gasteiger charge is 2.21. The number of anilines is 1. The lowest BCUT2D eigenvalue weighted by Crippen LogP contribution is -2.24. The van der Waals surface area contributed by atoms with Crippen LogP contribution in [0.25, 0.3) is 0 Å². The van der Waals surface area contributed by atoms with Gasteiger partial charge >= 0.3 is 0 Å².